The van der Waals surface area contributed by atoms with E-state index in [0.717, 1.165) is 49.7 Å². The minimum Gasteiger partial charge on any atom is -0.508 e. The van der Waals surface area contributed by atoms with Crippen LogP contribution < -0.4 is 0 Å². The van der Waals surface area contributed by atoms with Crippen LogP contribution in [0.15, 0.2) is 18.2 Å². The molecular weight excluding hydrogens is 432 g/mol. The average Bonchev–Trinajstić information content (AvgIpc) is 2.77. The first-order chi connectivity index (χ1) is 15.9. The second-order valence-electron chi connectivity index (χ2n) is 9.82. The van der Waals surface area contributed by atoms with Gasteiger partial charge < -0.3 is 5.11 Å². The molecule has 1 rings (SSSR count). The summed E-state index contributed by atoms with van der Waals surface area (Å²) in [5, 5.41) is 10.3. The molecule has 2 N–H and O–H groups in total. The second-order valence-corrected chi connectivity index (χ2v) is 11.3. The topological polar surface area (TPSA) is 74.6 Å². The van der Waals surface area contributed by atoms with Crippen molar-refractivity contribution < 1.29 is 18.1 Å². The molecule has 4 nitrogen and oxygen atoms in total. The molecule has 192 valence electrons. The fourth-order valence-corrected chi connectivity index (χ4v) is 5.50. The molecule has 5 heteroatoms. The van der Waals surface area contributed by atoms with Crippen LogP contribution in [0.1, 0.15) is 140 Å². The maximum Gasteiger partial charge on any atom is 0.265 e. The molecule has 0 bridgehead atoms. The molecule has 0 radical (unpaired) electrons. The summed E-state index contributed by atoms with van der Waals surface area (Å²) in [7, 11) is -4.05. The zero-order valence-corrected chi connectivity index (χ0v) is 22.2. The van der Waals surface area contributed by atoms with Crippen LogP contribution in [-0.4, -0.2) is 23.8 Å². The normalized spacial score (nSPS) is 12.8. The zero-order valence-electron chi connectivity index (χ0n) is 21.4. The quantitative estimate of drug-likeness (QED) is 0.136. The number of phenolic OH excluding ortho intramolecular Hbond substituents is 1. The van der Waals surface area contributed by atoms with E-state index >= 15 is 0 Å². The van der Waals surface area contributed by atoms with Crippen molar-refractivity contribution in [3.05, 3.63) is 29.3 Å². The van der Waals surface area contributed by atoms with Crippen molar-refractivity contribution in [2.45, 2.75) is 135 Å². The van der Waals surface area contributed by atoms with Crippen LogP contribution in [0, 0.1) is 0 Å². The molecule has 1 unspecified atom stereocenters. The van der Waals surface area contributed by atoms with Gasteiger partial charge in [0.05, 0.1) is 5.75 Å². The van der Waals surface area contributed by atoms with Crippen LogP contribution >= 0.6 is 0 Å². The van der Waals surface area contributed by atoms with E-state index in [9.17, 15) is 18.1 Å². The fraction of sp³-hybridized carbons (Fsp3) is 0.786. The molecule has 33 heavy (non-hydrogen) atoms. The molecule has 0 aliphatic rings. The summed E-state index contributed by atoms with van der Waals surface area (Å²) in [5.41, 5.74) is 1.82. The minimum absolute atomic E-state index is 0.224. The van der Waals surface area contributed by atoms with Gasteiger partial charge in [0.1, 0.15) is 5.75 Å². The average molecular weight is 483 g/mol. The summed E-state index contributed by atoms with van der Waals surface area (Å²) < 4.78 is 32.7. The number of hydrogen-bond donors (Lipinski definition) is 2. The van der Waals surface area contributed by atoms with Crippen LogP contribution in [0.5, 0.6) is 5.75 Å². The summed E-state index contributed by atoms with van der Waals surface area (Å²) >= 11 is 0. The molecule has 0 fully saturated rings. The summed E-state index contributed by atoms with van der Waals surface area (Å²) in [6.45, 7) is 4.44. The Morgan fingerprint density at radius 1 is 0.727 bits per heavy atom. The Morgan fingerprint density at radius 3 is 1.73 bits per heavy atom. The van der Waals surface area contributed by atoms with Gasteiger partial charge in [-0.2, -0.15) is 8.42 Å². The van der Waals surface area contributed by atoms with Crippen molar-refractivity contribution in [1.82, 2.24) is 0 Å². The maximum atomic E-state index is 11.6. The number of phenols is 1. The lowest BCUT2D eigenvalue weighted by Crippen LogP contribution is -2.14. The molecule has 1 aromatic rings. The fourth-order valence-electron chi connectivity index (χ4n) is 4.63. The lowest BCUT2D eigenvalue weighted by molar-refractivity contribution is 0.463. The SMILES string of the molecule is CCCCCCCCCCCCc1cc(C(CCCCCCCC)CS(=O)(=O)O)ccc1O. The summed E-state index contributed by atoms with van der Waals surface area (Å²) in [6.07, 6.45) is 21.2. The maximum absolute atomic E-state index is 11.6. The Kier molecular flexibility index (Phi) is 16.6. The Hall–Kier alpha value is -1.07. The van der Waals surface area contributed by atoms with Gasteiger partial charge in [0.15, 0.2) is 0 Å². The molecule has 0 saturated carbocycles. The van der Waals surface area contributed by atoms with Crippen LogP contribution in [0.25, 0.3) is 0 Å². The second kappa shape index (κ2) is 18.3. The van der Waals surface area contributed by atoms with Crippen molar-refractivity contribution >= 4 is 10.1 Å². The largest absolute Gasteiger partial charge is 0.508 e. The van der Waals surface area contributed by atoms with Gasteiger partial charge >= 0.3 is 0 Å². The Morgan fingerprint density at radius 2 is 1.21 bits per heavy atom. The third-order valence-corrected chi connectivity index (χ3v) is 7.52. The van der Waals surface area contributed by atoms with Gasteiger partial charge in [-0.25, -0.2) is 0 Å². The standard InChI is InChI=1S/C28H50O4S/c1-3-5-7-9-11-12-13-14-16-17-19-26-23-25(21-22-28(26)29)27(24-33(30,31)32)20-18-15-10-8-6-4-2/h21-23,27,29H,3-20,24H2,1-2H3,(H,30,31,32). The van der Waals surface area contributed by atoms with Crippen LogP contribution in [0.3, 0.4) is 0 Å². The number of aromatic hydroxyl groups is 1. The van der Waals surface area contributed by atoms with Gasteiger partial charge in [0.25, 0.3) is 10.1 Å². The molecule has 0 aromatic heterocycles. The van der Waals surface area contributed by atoms with Crippen LogP contribution in [-0.2, 0) is 16.5 Å². The van der Waals surface area contributed by atoms with E-state index in [1.807, 2.05) is 12.1 Å². The highest BCUT2D eigenvalue weighted by Crippen LogP contribution is 2.29. The van der Waals surface area contributed by atoms with Gasteiger partial charge in [-0.05, 0) is 36.5 Å². The highest BCUT2D eigenvalue weighted by Gasteiger charge is 2.20. The number of rotatable bonds is 21. The molecule has 0 aliphatic carbocycles. The van der Waals surface area contributed by atoms with E-state index in [1.165, 1.54) is 77.0 Å². The van der Waals surface area contributed by atoms with Crippen LogP contribution in [0.4, 0.5) is 0 Å². The molecule has 0 heterocycles. The van der Waals surface area contributed by atoms with Gasteiger partial charge in [-0.3, -0.25) is 4.55 Å². The highest BCUT2D eigenvalue weighted by atomic mass is 32.2. The molecule has 0 spiro atoms. The predicted octanol–water partition coefficient (Wildman–Crippen LogP) is 8.58. The van der Waals surface area contributed by atoms with Crippen LogP contribution in [0.2, 0.25) is 0 Å². The highest BCUT2D eigenvalue weighted by molar-refractivity contribution is 7.85. The first kappa shape index (κ1) is 30.0. The van der Waals surface area contributed by atoms with Crippen molar-refractivity contribution in [2.75, 3.05) is 5.75 Å². The molecule has 0 amide bonds. The zero-order chi connectivity index (χ0) is 24.4. The molecule has 1 aromatic carbocycles. The molecular formula is C28H50O4S. The number of benzene rings is 1. The van der Waals surface area contributed by atoms with Crippen molar-refractivity contribution in [1.29, 1.82) is 0 Å². The van der Waals surface area contributed by atoms with Crippen molar-refractivity contribution in [2.24, 2.45) is 0 Å². The van der Waals surface area contributed by atoms with Crippen molar-refractivity contribution in [3.63, 3.8) is 0 Å². The molecule has 0 saturated heterocycles. The van der Waals surface area contributed by atoms with E-state index < -0.39 is 10.1 Å². The third-order valence-electron chi connectivity index (χ3n) is 6.69. The Labute approximate surface area is 204 Å². The lowest BCUT2D eigenvalue weighted by atomic mass is 9.92. The van der Waals surface area contributed by atoms with Gasteiger partial charge in [-0.1, -0.05) is 122 Å². The lowest BCUT2D eigenvalue weighted by Gasteiger charge is -2.18. The smallest absolute Gasteiger partial charge is 0.265 e. The summed E-state index contributed by atoms with van der Waals surface area (Å²) in [5.74, 6) is -0.178. The molecule has 1 atom stereocenters. The van der Waals surface area contributed by atoms with E-state index in [4.69, 9.17) is 0 Å². The Bertz CT molecular complexity index is 715. The van der Waals surface area contributed by atoms with E-state index in [0.29, 0.717) is 5.75 Å². The monoisotopic (exact) mass is 482 g/mol. The van der Waals surface area contributed by atoms with Crippen molar-refractivity contribution in [3.8, 4) is 5.75 Å². The first-order valence-electron chi connectivity index (χ1n) is 13.6. The van der Waals surface area contributed by atoms with Gasteiger partial charge in [0.2, 0.25) is 0 Å². The Balaban J connectivity index is 2.50. The summed E-state index contributed by atoms with van der Waals surface area (Å²) in [6, 6.07) is 5.49. The number of aryl methyl sites for hydroxylation is 1. The first-order valence-corrected chi connectivity index (χ1v) is 15.2. The molecule has 0 aliphatic heterocycles. The van der Waals surface area contributed by atoms with E-state index in [1.54, 1.807) is 6.07 Å². The van der Waals surface area contributed by atoms with E-state index in [-0.39, 0.29) is 11.7 Å². The number of unbranched alkanes of at least 4 members (excludes halogenated alkanes) is 14. The predicted molar refractivity (Wildman–Crippen MR) is 141 cm³/mol. The number of hydrogen-bond acceptors (Lipinski definition) is 3. The van der Waals surface area contributed by atoms with Gasteiger partial charge in [0, 0.05) is 5.92 Å². The summed E-state index contributed by atoms with van der Waals surface area (Å²) in [4.78, 5) is 0. The minimum atomic E-state index is -4.05. The third kappa shape index (κ3) is 15.5. The van der Waals surface area contributed by atoms with E-state index in [2.05, 4.69) is 13.8 Å². The van der Waals surface area contributed by atoms with Gasteiger partial charge in [-0.15, -0.1) is 0 Å².